The molecule has 2 aromatic rings. The minimum absolute atomic E-state index is 0.0732. The number of nitrogens with one attached hydrogen (secondary N) is 1. The van der Waals surface area contributed by atoms with Crippen molar-refractivity contribution >= 4 is 28.5 Å². The molecule has 0 spiro atoms. The summed E-state index contributed by atoms with van der Waals surface area (Å²) in [7, 11) is 0. The van der Waals surface area contributed by atoms with Crippen molar-refractivity contribution in [1.29, 1.82) is 5.41 Å². The van der Waals surface area contributed by atoms with Gasteiger partial charge in [-0.05, 0) is 12.1 Å². The molecule has 0 saturated heterocycles. The van der Waals surface area contributed by atoms with Gasteiger partial charge in [0.2, 0.25) is 0 Å². The van der Waals surface area contributed by atoms with Gasteiger partial charge in [-0.1, -0.05) is 24.3 Å². The molecule has 0 aliphatic rings. The van der Waals surface area contributed by atoms with Crippen molar-refractivity contribution in [2.24, 2.45) is 5.73 Å². The first-order valence-corrected chi connectivity index (χ1v) is 6.19. The van der Waals surface area contributed by atoms with Crippen LogP contribution in [0.15, 0.2) is 48.0 Å². The molecule has 0 fully saturated rings. The van der Waals surface area contributed by atoms with Crippen molar-refractivity contribution in [3.8, 4) is 0 Å². The molecule has 3 nitrogen and oxygen atoms in total. The number of fused-ring (bicyclic) bond motifs is 1. The van der Waals surface area contributed by atoms with E-state index in [1.54, 1.807) is 11.8 Å². The van der Waals surface area contributed by atoms with Crippen molar-refractivity contribution in [3.63, 3.8) is 0 Å². The number of amidine groups is 1. The largest absolute Gasteiger partial charge is 0.384 e. The third kappa shape index (κ3) is 2.47. The lowest BCUT2D eigenvalue weighted by atomic mass is 10.1. The molecule has 1 aromatic carbocycles. The van der Waals surface area contributed by atoms with E-state index in [9.17, 15) is 0 Å². The van der Waals surface area contributed by atoms with Gasteiger partial charge in [-0.2, -0.15) is 0 Å². The van der Waals surface area contributed by atoms with Gasteiger partial charge in [-0.25, -0.2) is 4.98 Å². The van der Waals surface area contributed by atoms with Crippen molar-refractivity contribution in [2.45, 2.75) is 5.03 Å². The molecule has 2 rings (SSSR count). The zero-order valence-electron chi connectivity index (χ0n) is 9.31. The fourth-order valence-corrected chi connectivity index (χ4v) is 2.24. The van der Waals surface area contributed by atoms with E-state index < -0.39 is 0 Å². The summed E-state index contributed by atoms with van der Waals surface area (Å²) < 4.78 is 0. The van der Waals surface area contributed by atoms with Crippen LogP contribution in [-0.2, 0) is 0 Å². The topological polar surface area (TPSA) is 62.8 Å². The number of nitrogens with two attached hydrogens (primary N) is 1. The molecule has 0 saturated carbocycles. The van der Waals surface area contributed by atoms with E-state index in [2.05, 4.69) is 11.6 Å². The van der Waals surface area contributed by atoms with Gasteiger partial charge in [0, 0.05) is 16.7 Å². The minimum Gasteiger partial charge on any atom is -0.384 e. The van der Waals surface area contributed by atoms with Gasteiger partial charge in [0.05, 0.1) is 10.5 Å². The summed E-state index contributed by atoms with van der Waals surface area (Å²) in [5.74, 6) is 0.868. The normalized spacial score (nSPS) is 10.4. The van der Waals surface area contributed by atoms with Crippen molar-refractivity contribution < 1.29 is 0 Å². The SMILES string of the molecule is C=CCSc1cc(C(=N)N)c2ccccc2n1. The lowest BCUT2D eigenvalue weighted by Gasteiger charge is -2.07. The molecular formula is C13H13N3S. The molecule has 0 aliphatic carbocycles. The monoisotopic (exact) mass is 243 g/mol. The molecule has 4 heteroatoms. The molecule has 86 valence electrons. The van der Waals surface area contributed by atoms with Crippen molar-refractivity contribution in [2.75, 3.05) is 5.75 Å². The molecule has 3 N–H and O–H groups in total. The molecule has 0 radical (unpaired) electrons. The maximum Gasteiger partial charge on any atom is 0.123 e. The van der Waals surface area contributed by atoms with E-state index in [1.807, 2.05) is 36.4 Å². The molecule has 0 aliphatic heterocycles. The second-order valence-corrected chi connectivity index (χ2v) is 4.58. The van der Waals surface area contributed by atoms with Gasteiger partial charge in [0.15, 0.2) is 0 Å². The number of nitrogens with zero attached hydrogens (tertiary/aromatic N) is 1. The molecule has 0 atom stereocenters. The van der Waals surface area contributed by atoms with Crippen molar-refractivity contribution in [3.05, 3.63) is 48.6 Å². The molecule has 1 heterocycles. The molecular weight excluding hydrogens is 230 g/mol. The second kappa shape index (κ2) is 5.01. The number of rotatable bonds is 4. The predicted molar refractivity (Wildman–Crippen MR) is 73.7 cm³/mol. The average molecular weight is 243 g/mol. The standard InChI is InChI=1S/C13H13N3S/c1-2-7-17-12-8-10(13(14)15)9-5-3-4-6-11(9)16-12/h2-6,8H,1,7H2,(H3,14,15). The van der Waals surface area contributed by atoms with E-state index in [-0.39, 0.29) is 5.84 Å². The Morgan fingerprint density at radius 3 is 2.94 bits per heavy atom. The summed E-state index contributed by atoms with van der Waals surface area (Å²) in [6.45, 7) is 3.68. The Kier molecular flexibility index (Phi) is 3.44. The van der Waals surface area contributed by atoms with E-state index >= 15 is 0 Å². The summed E-state index contributed by atoms with van der Waals surface area (Å²) >= 11 is 1.59. The fraction of sp³-hybridized carbons (Fsp3) is 0.0769. The third-order valence-corrected chi connectivity index (χ3v) is 3.24. The smallest absolute Gasteiger partial charge is 0.123 e. The number of aromatic nitrogens is 1. The van der Waals surface area contributed by atoms with Crippen LogP contribution in [0.2, 0.25) is 0 Å². The Labute approximate surface area is 104 Å². The van der Waals surface area contributed by atoms with Gasteiger partial charge in [-0.3, -0.25) is 5.41 Å². The Morgan fingerprint density at radius 2 is 2.24 bits per heavy atom. The third-order valence-electron chi connectivity index (χ3n) is 2.33. The minimum atomic E-state index is 0.0732. The van der Waals surface area contributed by atoms with Crippen LogP contribution >= 0.6 is 11.8 Å². The van der Waals surface area contributed by atoms with Gasteiger partial charge in [0.25, 0.3) is 0 Å². The number of benzene rings is 1. The van der Waals surface area contributed by atoms with E-state index in [1.165, 1.54) is 0 Å². The van der Waals surface area contributed by atoms with Crippen LogP contribution in [-0.4, -0.2) is 16.6 Å². The lowest BCUT2D eigenvalue weighted by molar-refractivity contribution is 1.18. The van der Waals surface area contributed by atoms with E-state index in [0.29, 0.717) is 0 Å². The van der Waals surface area contributed by atoms with Crippen LogP contribution in [0.25, 0.3) is 10.9 Å². The average Bonchev–Trinajstić information content (AvgIpc) is 2.35. The van der Waals surface area contributed by atoms with Crippen LogP contribution in [0, 0.1) is 5.41 Å². The number of hydrogen-bond donors (Lipinski definition) is 2. The maximum absolute atomic E-state index is 7.61. The number of para-hydroxylation sites is 1. The van der Waals surface area contributed by atoms with Gasteiger partial charge in [0.1, 0.15) is 5.84 Å². The Hall–Kier alpha value is -1.81. The van der Waals surface area contributed by atoms with E-state index in [4.69, 9.17) is 11.1 Å². The van der Waals surface area contributed by atoms with Crippen LogP contribution in [0.3, 0.4) is 0 Å². The molecule has 0 bridgehead atoms. The van der Waals surface area contributed by atoms with Gasteiger partial charge < -0.3 is 5.73 Å². The Bertz CT molecular complexity index is 578. The highest BCUT2D eigenvalue weighted by Gasteiger charge is 2.07. The van der Waals surface area contributed by atoms with Crippen LogP contribution in [0.5, 0.6) is 0 Å². The molecule has 17 heavy (non-hydrogen) atoms. The summed E-state index contributed by atoms with van der Waals surface area (Å²) in [5.41, 5.74) is 7.21. The highest BCUT2D eigenvalue weighted by molar-refractivity contribution is 7.99. The number of thioether (sulfide) groups is 1. The summed E-state index contributed by atoms with van der Waals surface area (Å²) in [4.78, 5) is 4.52. The van der Waals surface area contributed by atoms with Crippen LogP contribution in [0.4, 0.5) is 0 Å². The highest BCUT2D eigenvalue weighted by Crippen LogP contribution is 2.23. The lowest BCUT2D eigenvalue weighted by Crippen LogP contribution is -2.12. The molecule has 0 amide bonds. The maximum atomic E-state index is 7.61. The Morgan fingerprint density at radius 1 is 1.47 bits per heavy atom. The quantitative estimate of drug-likeness (QED) is 0.375. The zero-order chi connectivity index (χ0) is 12.3. The fourth-order valence-electron chi connectivity index (χ4n) is 1.59. The van der Waals surface area contributed by atoms with E-state index in [0.717, 1.165) is 27.2 Å². The van der Waals surface area contributed by atoms with Crippen LogP contribution in [0.1, 0.15) is 5.56 Å². The summed E-state index contributed by atoms with van der Waals surface area (Å²) in [6, 6.07) is 9.58. The predicted octanol–water partition coefficient (Wildman–Crippen LogP) is 2.80. The number of hydrogen-bond acceptors (Lipinski definition) is 3. The first-order valence-electron chi connectivity index (χ1n) is 5.20. The van der Waals surface area contributed by atoms with Crippen molar-refractivity contribution in [1.82, 2.24) is 4.98 Å². The highest BCUT2D eigenvalue weighted by atomic mass is 32.2. The van der Waals surface area contributed by atoms with Gasteiger partial charge in [-0.15, -0.1) is 18.3 Å². The van der Waals surface area contributed by atoms with Gasteiger partial charge >= 0.3 is 0 Å². The summed E-state index contributed by atoms with van der Waals surface area (Å²) in [5, 5.41) is 9.40. The number of nitrogen functional groups attached to an aromatic ring is 1. The zero-order valence-corrected chi connectivity index (χ0v) is 10.1. The number of pyridine rings is 1. The first kappa shape index (κ1) is 11.7. The first-order chi connectivity index (χ1) is 8.22. The Balaban J connectivity index is 2.58. The van der Waals surface area contributed by atoms with Crippen LogP contribution < -0.4 is 5.73 Å². The molecule has 1 aromatic heterocycles. The molecule has 0 unspecified atom stereocenters. The second-order valence-electron chi connectivity index (χ2n) is 3.54. The summed E-state index contributed by atoms with van der Waals surface area (Å²) in [6.07, 6.45) is 1.83.